The van der Waals surface area contributed by atoms with Crippen molar-refractivity contribution in [3.63, 3.8) is 0 Å². The normalized spacial score (nSPS) is 10.6. The van der Waals surface area contributed by atoms with Gasteiger partial charge < -0.3 is 5.32 Å². The Bertz CT molecular complexity index is 936. The molecule has 6 nitrogen and oxygen atoms in total. The lowest BCUT2D eigenvalue weighted by Gasteiger charge is -2.09. The van der Waals surface area contributed by atoms with E-state index in [4.69, 9.17) is 0 Å². The second-order valence-corrected chi connectivity index (χ2v) is 5.82. The summed E-state index contributed by atoms with van der Waals surface area (Å²) in [5.41, 5.74) is 3.57. The van der Waals surface area contributed by atoms with Crippen molar-refractivity contribution in [2.45, 2.75) is 19.9 Å². The Morgan fingerprint density at radius 1 is 1.16 bits per heavy atom. The van der Waals surface area contributed by atoms with Crippen molar-refractivity contribution in [3.8, 4) is 0 Å². The van der Waals surface area contributed by atoms with Crippen molar-refractivity contribution < 1.29 is 9.72 Å². The van der Waals surface area contributed by atoms with Crippen LogP contribution in [0.15, 0.2) is 54.6 Å². The molecule has 1 heterocycles. The van der Waals surface area contributed by atoms with E-state index in [1.807, 2.05) is 37.3 Å². The Morgan fingerprint density at radius 2 is 1.88 bits per heavy atom. The van der Waals surface area contributed by atoms with Crippen molar-refractivity contribution in [2.75, 3.05) is 0 Å². The monoisotopic (exact) mass is 335 g/mol. The maximum Gasteiger partial charge on any atom is 0.269 e. The van der Waals surface area contributed by atoms with Gasteiger partial charge in [-0.3, -0.25) is 19.9 Å². The number of pyridine rings is 1. The molecule has 0 radical (unpaired) electrons. The number of carbonyl (C=O) groups excluding carboxylic acids is 1. The largest absolute Gasteiger partial charge is 0.352 e. The van der Waals surface area contributed by atoms with Gasteiger partial charge in [0.15, 0.2) is 0 Å². The number of carbonyl (C=O) groups is 1. The van der Waals surface area contributed by atoms with Gasteiger partial charge in [-0.25, -0.2) is 0 Å². The summed E-state index contributed by atoms with van der Waals surface area (Å²) in [6.45, 7) is 2.34. The third kappa shape index (κ3) is 3.98. The molecule has 25 heavy (non-hydrogen) atoms. The maximum atomic E-state index is 12.2. The lowest BCUT2D eigenvalue weighted by Crippen LogP contribution is -2.24. The first-order valence-electron chi connectivity index (χ1n) is 7.88. The van der Waals surface area contributed by atoms with Gasteiger partial charge >= 0.3 is 0 Å². The van der Waals surface area contributed by atoms with Crippen LogP contribution in [0, 0.1) is 17.0 Å². The molecule has 0 fully saturated rings. The van der Waals surface area contributed by atoms with Gasteiger partial charge in [-0.1, -0.05) is 30.3 Å². The number of amides is 1. The number of nitrogens with one attached hydrogen (secondary N) is 1. The molecule has 3 aromatic rings. The summed E-state index contributed by atoms with van der Waals surface area (Å²) < 4.78 is 0. The summed E-state index contributed by atoms with van der Waals surface area (Å²) in [5, 5.41) is 14.6. The molecular weight excluding hydrogens is 318 g/mol. The van der Waals surface area contributed by atoms with E-state index in [1.165, 1.54) is 12.1 Å². The number of aromatic nitrogens is 1. The summed E-state index contributed by atoms with van der Waals surface area (Å²) in [7, 11) is 0. The standard InChI is InChI=1S/C19H17N3O3/c1-13-10-15(17-4-2-3-5-18(17)21-13)12-20-19(23)11-14-6-8-16(9-7-14)22(24)25/h2-10H,11-12H2,1H3,(H,20,23). The highest BCUT2D eigenvalue weighted by Crippen LogP contribution is 2.18. The van der Waals surface area contributed by atoms with Crippen LogP contribution >= 0.6 is 0 Å². The van der Waals surface area contributed by atoms with Gasteiger partial charge in [0.05, 0.1) is 16.9 Å². The molecule has 6 heteroatoms. The molecule has 0 aliphatic rings. The first-order valence-corrected chi connectivity index (χ1v) is 7.88. The zero-order valence-corrected chi connectivity index (χ0v) is 13.7. The number of aryl methyl sites for hydroxylation is 1. The van der Waals surface area contributed by atoms with Crippen LogP contribution in [0.5, 0.6) is 0 Å². The Hall–Kier alpha value is -3.28. The molecule has 126 valence electrons. The number of nitrogens with zero attached hydrogens (tertiary/aromatic N) is 2. The summed E-state index contributed by atoms with van der Waals surface area (Å²) >= 11 is 0. The van der Waals surface area contributed by atoms with Crippen molar-refractivity contribution >= 4 is 22.5 Å². The summed E-state index contributed by atoms with van der Waals surface area (Å²) in [4.78, 5) is 26.8. The van der Waals surface area contributed by atoms with E-state index in [1.54, 1.807) is 12.1 Å². The summed E-state index contributed by atoms with van der Waals surface area (Å²) in [6.07, 6.45) is 0.181. The van der Waals surface area contributed by atoms with Crippen LogP contribution in [-0.2, 0) is 17.8 Å². The Balaban J connectivity index is 1.67. The zero-order valence-electron chi connectivity index (χ0n) is 13.7. The molecule has 1 N–H and O–H groups in total. The Kier molecular flexibility index (Phi) is 4.70. The molecule has 0 bridgehead atoms. The van der Waals surface area contributed by atoms with E-state index < -0.39 is 4.92 Å². The highest BCUT2D eigenvalue weighted by Gasteiger charge is 2.09. The topological polar surface area (TPSA) is 85.1 Å². The number of benzene rings is 2. The van der Waals surface area contributed by atoms with Crippen LogP contribution in [0.3, 0.4) is 0 Å². The fourth-order valence-corrected chi connectivity index (χ4v) is 2.72. The van der Waals surface area contributed by atoms with Gasteiger partial charge in [-0.2, -0.15) is 0 Å². The molecule has 1 amide bonds. The number of fused-ring (bicyclic) bond motifs is 1. The number of nitro benzene ring substituents is 1. The molecule has 1 aromatic heterocycles. The Morgan fingerprint density at radius 3 is 2.60 bits per heavy atom. The third-order valence-corrected chi connectivity index (χ3v) is 3.92. The first kappa shape index (κ1) is 16.6. The fourth-order valence-electron chi connectivity index (χ4n) is 2.72. The third-order valence-electron chi connectivity index (χ3n) is 3.92. The molecule has 0 saturated carbocycles. The predicted molar refractivity (Wildman–Crippen MR) is 95.1 cm³/mol. The van der Waals surface area contributed by atoms with Gasteiger partial charge in [0, 0.05) is 29.8 Å². The summed E-state index contributed by atoms with van der Waals surface area (Å²) in [6, 6.07) is 15.8. The number of non-ortho nitro benzene ring substituents is 1. The highest BCUT2D eigenvalue weighted by molar-refractivity contribution is 5.83. The lowest BCUT2D eigenvalue weighted by molar-refractivity contribution is -0.384. The van der Waals surface area contributed by atoms with E-state index >= 15 is 0 Å². The minimum atomic E-state index is -0.458. The van der Waals surface area contributed by atoms with Gasteiger partial charge in [0.25, 0.3) is 5.69 Å². The van der Waals surface area contributed by atoms with Gasteiger partial charge in [-0.15, -0.1) is 0 Å². The molecule has 0 spiro atoms. The van der Waals surface area contributed by atoms with E-state index in [0.29, 0.717) is 6.54 Å². The molecule has 0 aliphatic carbocycles. The molecule has 2 aromatic carbocycles. The minimum Gasteiger partial charge on any atom is -0.352 e. The van der Waals surface area contributed by atoms with Crippen LogP contribution in [0.25, 0.3) is 10.9 Å². The van der Waals surface area contributed by atoms with Gasteiger partial charge in [0.1, 0.15) is 0 Å². The number of hydrogen-bond donors (Lipinski definition) is 1. The van der Waals surface area contributed by atoms with Crippen LogP contribution < -0.4 is 5.32 Å². The number of hydrogen-bond acceptors (Lipinski definition) is 4. The fraction of sp³-hybridized carbons (Fsp3) is 0.158. The second-order valence-electron chi connectivity index (χ2n) is 5.82. The van der Waals surface area contributed by atoms with Crippen molar-refractivity contribution in [1.82, 2.24) is 10.3 Å². The average molecular weight is 335 g/mol. The highest BCUT2D eigenvalue weighted by atomic mass is 16.6. The van der Waals surface area contributed by atoms with Crippen LogP contribution in [-0.4, -0.2) is 15.8 Å². The van der Waals surface area contributed by atoms with Crippen molar-refractivity contribution in [1.29, 1.82) is 0 Å². The smallest absolute Gasteiger partial charge is 0.269 e. The van der Waals surface area contributed by atoms with Crippen molar-refractivity contribution in [3.05, 3.63) is 81.5 Å². The quantitative estimate of drug-likeness (QED) is 0.572. The molecule has 0 unspecified atom stereocenters. The van der Waals surface area contributed by atoms with Gasteiger partial charge in [0.2, 0.25) is 5.91 Å². The average Bonchev–Trinajstić information content (AvgIpc) is 2.60. The van der Waals surface area contributed by atoms with Crippen LogP contribution in [0.4, 0.5) is 5.69 Å². The molecule has 0 saturated heterocycles. The SMILES string of the molecule is Cc1cc(CNC(=O)Cc2ccc([N+](=O)[O-])cc2)c2ccccc2n1. The molecule has 3 rings (SSSR count). The van der Waals surface area contributed by atoms with E-state index in [9.17, 15) is 14.9 Å². The maximum absolute atomic E-state index is 12.2. The Labute approximate surface area is 144 Å². The summed E-state index contributed by atoms with van der Waals surface area (Å²) in [5.74, 6) is -0.132. The molecular formula is C19H17N3O3. The molecule has 0 aliphatic heterocycles. The van der Waals surface area contributed by atoms with E-state index in [0.717, 1.165) is 27.7 Å². The van der Waals surface area contributed by atoms with Crippen LogP contribution in [0.1, 0.15) is 16.8 Å². The van der Waals surface area contributed by atoms with Crippen LogP contribution in [0.2, 0.25) is 0 Å². The number of para-hydroxylation sites is 1. The second kappa shape index (κ2) is 7.09. The first-order chi connectivity index (χ1) is 12.0. The molecule has 0 atom stereocenters. The van der Waals surface area contributed by atoms with E-state index in [-0.39, 0.29) is 18.0 Å². The number of rotatable bonds is 5. The van der Waals surface area contributed by atoms with E-state index in [2.05, 4.69) is 10.3 Å². The lowest BCUT2D eigenvalue weighted by atomic mass is 10.1. The van der Waals surface area contributed by atoms with Gasteiger partial charge in [-0.05, 0) is 30.2 Å². The van der Waals surface area contributed by atoms with Crippen molar-refractivity contribution in [2.24, 2.45) is 0 Å². The minimum absolute atomic E-state index is 0.0166. The number of nitro groups is 1. The zero-order chi connectivity index (χ0) is 17.8. The predicted octanol–water partition coefficient (Wildman–Crippen LogP) is 3.31.